The first kappa shape index (κ1) is 10.2. The fourth-order valence-electron chi connectivity index (χ4n) is 1.88. The minimum absolute atomic E-state index is 0.109. The molecule has 1 rings (SSSR count). The first-order chi connectivity index (χ1) is 6.16. The molecule has 0 aromatic carbocycles. The van der Waals surface area contributed by atoms with Crippen LogP contribution >= 0.6 is 0 Å². The lowest BCUT2D eigenvalue weighted by Gasteiger charge is -2.32. The van der Waals surface area contributed by atoms with Crippen LogP contribution < -0.4 is 0 Å². The molecule has 0 bridgehead atoms. The van der Waals surface area contributed by atoms with Crippen molar-refractivity contribution in [1.29, 1.82) is 0 Å². The molecule has 1 aliphatic heterocycles. The van der Waals surface area contributed by atoms with Gasteiger partial charge in [-0.25, -0.2) is 0 Å². The Morgan fingerprint density at radius 1 is 1.54 bits per heavy atom. The van der Waals surface area contributed by atoms with E-state index in [4.69, 9.17) is 0 Å². The van der Waals surface area contributed by atoms with Crippen molar-refractivity contribution in [2.45, 2.75) is 45.6 Å². The Balaban J connectivity index is 2.65. The van der Waals surface area contributed by atoms with E-state index in [1.54, 1.807) is 11.8 Å². The Kier molecular flexibility index (Phi) is 3.46. The van der Waals surface area contributed by atoms with E-state index >= 15 is 0 Å². The third-order valence-corrected chi connectivity index (χ3v) is 2.59. The molecule has 13 heavy (non-hydrogen) atoms. The van der Waals surface area contributed by atoms with Gasteiger partial charge in [0.25, 0.3) is 0 Å². The quantitative estimate of drug-likeness (QED) is 0.662. The molecule has 1 unspecified atom stereocenters. The molecule has 0 saturated carbocycles. The molecular weight excluding hydrogens is 166 g/mol. The van der Waals surface area contributed by atoms with Gasteiger partial charge in [0, 0.05) is 13.0 Å². The predicted octanol–water partition coefficient (Wildman–Crippen LogP) is 1.37. The summed E-state index contributed by atoms with van der Waals surface area (Å²) in [6.45, 7) is 4.28. The van der Waals surface area contributed by atoms with E-state index in [-0.39, 0.29) is 17.7 Å². The normalized spacial score (nSPS) is 20.2. The molecule has 1 amide bonds. The molecule has 74 valence electrons. The van der Waals surface area contributed by atoms with Gasteiger partial charge in [0.2, 0.25) is 5.91 Å². The number of hydrogen-bond donors (Lipinski definition) is 0. The highest BCUT2D eigenvalue weighted by atomic mass is 16.2. The number of nitrogens with zero attached hydrogens (tertiary/aromatic N) is 1. The Labute approximate surface area is 79.1 Å². The highest BCUT2D eigenvalue weighted by molar-refractivity contribution is 5.87. The Hall–Kier alpha value is -0.860. The minimum atomic E-state index is -0.173. The van der Waals surface area contributed by atoms with Crippen LogP contribution in [-0.2, 0) is 9.59 Å². The van der Waals surface area contributed by atoms with Gasteiger partial charge in [-0.1, -0.05) is 6.92 Å². The summed E-state index contributed by atoms with van der Waals surface area (Å²) in [6.07, 6.45) is 3.37. The Bertz CT molecular complexity index is 213. The molecule has 1 aliphatic rings. The minimum Gasteiger partial charge on any atom is -0.333 e. The lowest BCUT2D eigenvalue weighted by molar-refractivity contribution is -0.141. The summed E-state index contributed by atoms with van der Waals surface area (Å²) >= 11 is 0. The SMILES string of the molecule is CCC(C(C)=O)N1CCCCC1=O. The maximum atomic E-state index is 11.5. The van der Waals surface area contributed by atoms with Gasteiger partial charge in [0.05, 0.1) is 6.04 Å². The number of Topliss-reactive ketones (excluding diaryl/α,β-unsaturated/α-hetero) is 1. The molecule has 1 saturated heterocycles. The van der Waals surface area contributed by atoms with Crippen molar-refractivity contribution in [1.82, 2.24) is 4.90 Å². The van der Waals surface area contributed by atoms with Crippen molar-refractivity contribution < 1.29 is 9.59 Å². The summed E-state index contributed by atoms with van der Waals surface area (Å²) in [7, 11) is 0. The van der Waals surface area contributed by atoms with Crippen LogP contribution in [0.25, 0.3) is 0 Å². The van der Waals surface area contributed by atoms with Crippen LogP contribution in [-0.4, -0.2) is 29.2 Å². The summed E-state index contributed by atoms with van der Waals surface area (Å²) < 4.78 is 0. The first-order valence-electron chi connectivity index (χ1n) is 4.96. The summed E-state index contributed by atoms with van der Waals surface area (Å²) in [5, 5.41) is 0. The van der Waals surface area contributed by atoms with E-state index in [1.807, 2.05) is 6.92 Å². The van der Waals surface area contributed by atoms with E-state index in [0.29, 0.717) is 6.42 Å². The number of carbonyl (C=O) groups is 2. The topological polar surface area (TPSA) is 37.4 Å². The molecule has 3 nitrogen and oxygen atoms in total. The van der Waals surface area contributed by atoms with Gasteiger partial charge < -0.3 is 4.90 Å². The van der Waals surface area contributed by atoms with Crippen LogP contribution in [0.5, 0.6) is 0 Å². The summed E-state index contributed by atoms with van der Waals surface area (Å²) in [4.78, 5) is 24.4. The second kappa shape index (κ2) is 4.40. The Morgan fingerprint density at radius 3 is 2.69 bits per heavy atom. The molecule has 0 spiro atoms. The highest BCUT2D eigenvalue weighted by Gasteiger charge is 2.27. The average Bonchev–Trinajstić information content (AvgIpc) is 2.09. The molecule has 1 heterocycles. The second-order valence-corrected chi connectivity index (χ2v) is 3.58. The van der Waals surface area contributed by atoms with Gasteiger partial charge in [-0.05, 0) is 26.2 Å². The van der Waals surface area contributed by atoms with E-state index in [0.717, 1.165) is 25.8 Å². The average molecular weight is 183 g/mol. The molecule has 1 fully saturated rings. The number of hydrogen-bond acceptors (Lipinski definition) is 2. The van der Waals surface area contributed by atoms with Crippen LogP contribution in [0.4, 0.5) is 0 Å². The van der Waals surface area contributed by atoms with Crippen molar-refractivity contribution >= 4 is 11.7 Å². The van der Waals surface area contributed by atoms with Crippen LogP contribution in [0.2, 0.25) is 0 Å². The van der Waals surface area contributed by atoms with Crippen molar-refractivity contribution in [2.75, 3.05) is 6.54 Å². The molecule has 3 heteroatoms. The third-order valence-electron chi connectivity index (χ3n) is 2.59. The summed E-state index contributed by atoms with van der Waals surface area (Å²) in [6, 6.07) is -0.173. The highest BCUT2D eigenvalue weighted by Crippen LogP contribution is 2.16. The second-order valence-electron chi connectivity index (χ2n) is 3.58. The number of piperidine rings is 1. The molecule has 0 N–H and O–H groups in total. The monoisotopic (exact) mass is 183 g/mol. The molecule has 0 aliphatic carbocycles. The lowest BCUT2D eigenvalue weighted by atomic mass is 10.0. The van der Waals surface area contributed by atoms with Crippen molar-refractivity contribution in [3.05, 3.63) is 0 Å². The van der Waals surface area contributed by atoms with Gasteiger partial charge in [-0.3, -0.25) is 9.59 Å². The van der Waals surface area contributed by atoms with Gasteiger partial charge in [-0.2, -0.15) is 0 Å². The van der Waals surface area contributed by atoms with Gasteiger partial charge in [0.15, 0.2) is 5.78 Å². The number of amides is 1. The standard InChI is InChI=1S/C10H17NO2/c1-3-9(8(2)12)11-7-5-4-6-10(11)13/h9H,3-7H2,1-2H3. The Morgan fingerprint density at radius 2 is 2.23 bits per heavy atom. The maximum absolute atomic E-state index is 11.5. The molecule has 0 aromatic heterocycles. The summed E-state index contributed by atoms with van der Waals surface area (Å²) in [5.74, 6) is 0.256. The van der Waals surface area contributed by atoms with Crippen LogP contribution in [0.3, 0.4) is 0 Å². The van der Waals surface area contributed by atoms with E-state index in [2.05, 4.69) is 0 Å². The molecular formula is C10H17NO2. The van der Waals surface area contributed by atoms with Crippen LogP contribution in [0.15, 0.2) is 0 Å². The number of ketones is 1. The van der Waals surface area contributed by atoms with Crippen molar-refractivity contribution in [3.63, 3.8) is 0 Å². The third kappa shape index (κ3) is 2.29. The molecule has 0 radical (unpaired) electrons. The fourth-order valence-corrected chi connectivity index (χ4v) is 1.88. The zero-order valence-corrected chi connectivity index (χ0v) is 8.38. The molecule has 0 aromatic rings. The smallest absolute Gasteiger partial charge is 0.223 e. The number of rotatable bonds is 3. The van der Waals surface area contributed by atoms with E-state index < -0.39 is 0 Å². The van der Waals surface area contributed by atoms with E-state index in [9.17, 15) is 9.59 Å². The van der Waals surface area contributed by atoms with Crippen molar-refractivity contribution in [3.8, 4) is 0 Å². The largest absolute Gasteiger partial charge is 0.333 e. The van der Waals surface area contributed by atoms with Crippen LogP contribution in [0.1, 0.15) is 39.5 Å². The molecule has 1 atom stereocenters. The first-order valence-corrected chi connectivity index (χ1v) is 4.96. The van der Waals surface area contributed by atoms with Gasteiger partial charge in [0.1, 0.15) is 0 Å². The number of likely N-dealkylation sites (tertiary alicyclic amines) is 1. The maximum Gasteiger partial charge on any atom is 0.223 e. The van der Waals surface area contributed by atoms with Gasteiger partial charge in [-0.15, -0.1) is 0 Å². The van der Waals surface area contributed by atoms with Crippen LogP contribution in [0, 0.1) is 0 Å². The predicted molar refractivity (Wildman–Crippen MR) is 50.3 cm³/mol. The lowest BCUT2D eigenvalue weighted by Crippen LogP contribution is -2.46. The number of carbonyl (C=O) groups excluding carboxylic acids is 2. The summed E-state index contributed by atoms with van der Waals surface area (Å²) in [5.41, 5.74) is 0. The van der Waals surface area contributed by atoms with Crippen molar-refractivity contribution in [2.24, 2.45) is 0 Å². The fraction of sp³-hybridized carbons (Fsp3) is 0.800. The zero-order valence-electron chi connectivity index (χ0n) is 8.38. The zero-order chi connectivity index (χ0) is 9.84. The van der Waals surface area contributed by atoms with E-state index in [1.165, 1.54) is 0 Å². The van der Waals surface area contributed by atoms with Gasteiger partial charge >= 0.3 is 0 Å².